The molecule has 0 fully saturated rings. The van der Waals surface area contributed by atoms with Crippen LogP contribution in [0.15, 0.2) is 54.6 Å². The smallest absolute Gasteiger partial charge is 0.248 e. The first-order valence-corrected chi connectivity index (χ1v) is 6.43. The quantitative estimate of drug-likeness (QED) is 0.789. The van der Waals surface area contributed by atoms with E-state index in [1.54, 1.807) is 16.8 Å². The van der Waals surface area contributed by atoms with Crippen LogP contribution in [0.4, 0.5) is 5.95 Å². The Kier molecular flexibility index (Phi) is 3.56. The summed E-state index contributed by atoms with van der Waals surface area (Å²) in [5.41, 5.74) is 2.59. The average molecular weight is 276 g/mol. The Labute approximate surface area is 121 Å². The molecule has 3 rings (SSSR count). The number of anilines is 1. The summed E-state index contributed by atoms with van der Waals surface area (Å²) in [5.74, 6) is 0.575. The fraction of sp³-hybridized carbons (Fsp3) is 0.0667. The van der Waals surface area contributed by atoms with E-state index in [1.165, 1.54) is 0 Å². The topological polar surface area (TPSA) is 79.4 Å². The Bertz CT molecular complexity index is 755. The largest absolute Gasteiger partial charge is 0.349 e. The summed E-state index contributed by atoms with van der Waals surface area (Å²) in [4.78, 5) is 0. The third-order valence-electron chi connectivity index (χ3n) is 3.00. The van der Waals surface area contributed by atoms with Crippen LogP contribution < -0.4 is 5.32 Å². The van der Waals surface area contributed by atoms with E-state index < -0.39 is 0 Å². The number of para-hydroxylation sites is 1. The molecule has 3 aromatic rings. The van der Waals surface area contributed by atoms with Crippen LogP contribution in [-0.4, -0.2) is 20.2 Å². The number of nitriles is 1. The second-order valence-corrected chi connectivity index (χ2v) is 4.41. The first-order chi connectivity index (χ1) is 10.4. The number of rotatable bonds is 4. The highest BCUT2D eigenvalue weighted by molar-refractivity contribution is 5.39. The summed E-state index contributed by atoms with van der Waals surface area (Å²) in [6.07, 6.45) is 0. The zero-order valence-electron chi connectivity index (χ0n) is 11.1. The predicted molar refractivity (Wildman–Crippen MR) is 77.6 cm³/mol. The van der Waals surface area contributed by atoms with Gasteiger partial charge in [-0.25, -0.2) is 0 Å². The van der Waals surface area contributed by atoms with Crippen molar-refractivity contribution >= 4 is 5.95 Å². The Morgan fingerprint density at radius 2 is 1.81 bits per heavy atom. The molecule has 0 bridgehead atoms. The van der Waals surface area contributed by atoms with Gasteiger partial charge in [0, 0.05) is 6.54 Å². The van der Waals surface area contributed by atoms with Crippen molar-refractivity contribution in [3.05, 3.63) is 65.7 Å². The maximum absolute atomic E-state index is 8.78. The number of nitrogens with zero attached hydrogens (tertiary/aromatic N) is 5. The lowest BCUT2D eigenvalue weighted by atomic mass is 10.1. The van der Waals surface area contributed by atoms with Gasteiger partial charge < -0.3 is 5.32 Å². The molecule has 6 heteroatoms. The second-order valence-electron chi connectivity index (χ2n) is 4.41. The maximum atomic E-state index is 8.78. The van der Waals surface area contributed by atoms with Gasteiger partial charge in [-0.15, -0.1) is 0 Å². The van der Waals surface area contributed by atoms with Crippen molar-refractivity contribution in [3.8, 4) is 11.8 Å². The third kappa shape index (κ3) is 2.87. The van der Waals surface area contributed by atoms with Crippen LogP contribution in [0, 0.1) is 11.3 Å². The molecule has 0 aliphatic heterocycles. The van der Waals surface area contributed by atoms with Crippen molar-refractivity contribution in [2.24, 2.45) is 0 Å². The minimum Gasteiger partial charge on any atom is -0.349 e. The Morgan fingerprint density at radius 3 is 2.52 bits per heavy atom. The van der Waals surface area contributed by atoms with Crippen molar-refractivity contribution in [2.75, 3.05) is 5.32 Å². The summed E-state index contributed by atoms with van der Waals surface area (Å²) >= 11 is 0. The van der Waals surface area contributed by atoms with Crippen molar-refractivity contribution in [2.45, 2.75) is 6.54 Å². The SMILES string of the molecule is N#Cc1ccc(CNc2nnnn2-c2ccccc2)cc1. The molecule has 1 N–H and O–H groups in total. The first kappa shape index (κ1) is 12.8. The Hall–Kier alpha value is -3.20. The van der Waals surface area contributed by atoms with Gasteiger partial charge in [0.25, 0.3) is 0 Å². The summed E-state index contributed by atoms with van der Waals surface area (Å²) < 4.78 is 1.64. The monoisotopic (exact) mass is 276 g/mol. The van der Waals surface area contributed by atoms with Gasteiger partial charge in [0.2, 0.25) is 5.95 Å². The number of hydrogen-bond acceptors (Lipinski definition) is 5. The number of hydrogen-bond donors (Lipinski definition) is 1. The molecule has 102 valence electrons. The van der Waals surface area contributed by atoms with Gasteiger partial charge in [0.15, 0.2) is 0 Å². The lowest BCUT2D eigenvalue weighted by molar-refractivity contribution is 0.789. The average Bonchev–Trinajstić information content (AvgIpc) is 3.03. The fourth-order valence-electron chi connectivity index (χ4n) is 1.92. The van der Waals surface area contributed by atoms with Gasteiger partial charge >= 0.3 is 0 Å². The second kappa shape index (κ2) is 5.84. The van der Waals surface area contributed by atoms with Crippen molar-refractivity contribution in [3.63, 3.8) is 0 Å². The van der Waals surface area contributed by atoms with Gasteiger partial charge in [-0.05, 0) is 40.3 Å². The van der Waals surface area contributed by atoms with E-state index in [-0.39, 0.29) is 0 Å². The molecule has 0 unspecified atom stereocenters. The highest BCUT2D eigenvalue weighted by Gasteiger charge is 2.07. The van der Waals surface area contributed by atoms with Crippen molar-refractivity contribution < 1.29 is 0 Å². The van der Waals surface area contributed by atoms with E-state index in [0.717, 1.165) is 11.3 Å². The highest BCUT2D eigenvalue weighted by Crippen LogP contribution is 2.12. The molecule has 21 heavy (non-hydrogen) atoms. The molecule has 0 spiro atoms. The van der Waals surface area contributed by atoms with E-state index in [4.69, 9.17) is 5.26 Å². The highest BCUT2D eigenvalue weighted by atomic mass is 15.6. The molecular weight excluding hydrogens is 264 g/mol. The van der Waals surface area contributed by atoms with E-state index in [9.17, 15) is 0 Å². The van der Waals surface area contributed by atoms with Crippen LogP contribution >= 0.6 is 0 Å². The summed E-state index contributed by atoms with van der Waals surface area (Å²) in [7, 11) is 0. The molecular formula is C15H12N6. The molecule has 0 aliphatic rings. The molecule has 2 aromatic carbocycles. The number of benzene rings is 2. The van der Waals surface area contributed by atoms with Gasteiger partial charge in [-0.3, -0.25) is 0 Å². The van der Waals surface area contributed by atoms with Crippen molar-refractivity contribution in [1.29, 1.82) is 5.26 Å². The zero-order valence-corrected chi connectivity index (χ0v) is 11.1. The van der Waals surface area contributed by atoms with E-state index in [0.29, 0.717) is 18.1 Å². The predicted octanol–water partition coefficient (Wildman–Crippen LogP) is 2.15. The van der Waals surface area contributed by atoms with Gasteiger partial charge in [-0.2, -0.15) is 9.94 Å². The fourth-order valence-corrected chi connectivity index (χ4v) is 1.92. The minimum absolute atomic E-state index is 0.575. The zero-order chi connectivity index (χ0) is 14.5. The van der Waals surface area contributed by atoms with Crippen LogP contribution in [0.25, 0.3) is 5.69 Å². The molecule has 0 atom stereocenters. The molecule has 0 saturated carbocycles. The summed E-state index contributed by atoms with van der Waals surface area (Å²) in [5, 5.41) is 23.6. The van der Waals surface area contributed by atoms with Gasteiger partial charge in [0.1, 0.15) is 0 Å². The minimum atomic E-state index is 0.575. The summed E-state index contributed by atoms with van der Waals surface area (Å²) in [6.45, 7) is 0.582. The molecule has 0 amide bonds. The number of tetrazole rings is 1. The lowest BCUT2D eigenvalue weighted by Gasteiger charge is -2.07. The van der Waals surface area contributed by atoms with E-state index >= 15 is 0 Å². The standard InChI is InChI=1S/C15H12N6/c16-10-12-6-8-13(9-7-12)11-17-15-18-19-20-21(15)14-4-2-1-3-5-14/h1-9H,11H2,(H,17,18,20). The normalized spacial score (nSPS) is 10.0. The van der Waals surface area contributed by atoms with Crippen LogP contribution in [0.3, 0.4) is 0 Å². The summed E-state index contributed by atoms with van der Waals surface area (Å²) in [6, 6.07) is 19.2. The van der Waals surface area contributed by atoms with Crippen LogP contribution in [0.2, 0.25) is 0 Å². The van der Waals surface area contributed by atoms with E-state index in [2.05, 4.69) is 26.9 Å². The van der Waals surface area contributed by atoms with Crippen molar-refractivity contribution in [1.82, 2.24) is 20.2 Å². The number of aromatic nitrogens is 4. The van der Waals surface area contributed by atoms with Crippen LogP contribution in [0.5, 0.6) is 0 Å². The molecule has 6 nitrogen and oxygen atoms in total. The van der Waals surface area contributed by atoms with Crippen LogP contribution in [0.1, 0.15) is 11.1 Å². The Morgan fingerprint density at radius 1 is 1.05 bits per heavy atom. The third-order valence-corrected chi connectivity index (χ3v) is 3.00. The lowest BCUT2D eigenvalue weighted by Crippen LogP contribution is -2.07. The van der Waals surface area contributed by atoms with E-state index in [1.807, 2.05) is 42.5 Å². The molecule has 0 aliphatic carbocycles. The molecule has 1 heterocycles. The number of nitrogens with one attached hydrogen (secondary N) is 1. The molecule has 0 radical (unpaired) electrons. The van der Waals surface area contributed by atoms with Crippen LogP contribution in [-0.2, 0) is 6.54 Å². The maximum Gasteiger partial charge on any atom is 0.248 e. The van der Waals surface area contributed by atoms with Gasteiger partial charge in [0.05, 0.1) is 17.3 Å². The first-order valence-electron chi connectivity index (χ1n) is 6.43. The molecule has 0 saturated heterocycles. The molecule has 1 aromatic heterocycles. The van der Waals surface area contributed by atoms with Gasteiger partial charge in [-0.1, -0.05) is 35.4 Å². The Balaban J connectivity index is 1.74.